The fraction of sp³-hybridized carbons (Fsp3) is 0.188. The Bertz CT molecular complexity index is 2770. The average Bonchev–Trinajstić information content (AvgIpc) is 3.66. The van der Waals surface area contributed by atoms with E-state index in [-0.39, 0.29) is 5.41 Å². The van der Waals surface area contributed by atoms with E-state index in [9.17, 15) is 0 Å². The van der Waals surface area contributed by atoms with Crippen LogP contribution in [0.15, 0.2) is 127 Å². The summed E-state index contributed by atoms with van der Waals surface area (Å²) in [5.41, 5.74) is 11.0. The Morgan fingerprint density at radius 3 is 1.85 bits per heavy atom. The molecule has 266 valence electrons. The first-order valence-corrected chi connectivity index (χ1v) is 26.8. The maximum absolute atomic E-state index is 5.31. The van der Waals surface area contributed by atoms with Gasteiger partial charge in [0.15, 0.2) is 17.5 Å². The van der Waals surface area contributed by atoms with Gasteiger partial charge < -0.3 is 0 Å². The van der Waals surface area contributed by atoms with Gasteiger partial charge in [0.2, 0.25) is 0 Å². The average molecular weight is 752 g/mol. The number of hydrogen-bond acceptors (Lipinski definition) is 4. The van der Waals surface area contributed by atoms with Crippen molar-refractivity contribution in [2.45, 2.75) is 58.5 Å². The molecule has 2 aromatic heterocycles. The minimum absolute atomic E-state index is 0.0288. The minimum atomic E-state index is -1.57. The number of aromatic nitrogens is 3. The molecule has 8 aromatic rings. The highest BCUT2D eigenvalue weighted by Gasteiger charge is 2.35. The monoisotopic (exact) mass is 751 g/mol. The van der Waals surface area contributed by atoms with E-state index in [1.165, 1.54) is 63.9 Å². The lowest BCUT2D eigenvalue weighted by Gasteiger charge is -2.21. The molecule has 0 N–H and O–H groups in total. The second kappa shape index (κ2) is 12.5. The standard InChI is InChI=1S/C48H45N3SSi2/c1-48(2)40-18-11-9-16-36(40)39-29-31(22-27-41(39)48)35-25-26-38(43-37-17-10-12-19-42(37)52-44(35)43)47-50-45(30-20-23-33(24-21-30)53(3,4)5)49-46(51-47)32-14-13-15-34(28-32)54(6,7)8/h9-29H,1-8H3. The van der Waals surface area contributed by atoms with E-state index >= 15 is 0 Å². The highest BCUT2D eigenvalue weighted by atomic mass is 32.1. The molecule has 1 aliphatic rings. The number of benzene rings is 6. The molecule has 0 aliphatic heterocycles. The zero-order valence-corrected chi connectivity index (χ0v) is 35.2. The second-order valence-electron chi connectivity index (χ2n) is 17.4. The molecule has 0 amide bonds. The van der Waals surface area contributed by atoms with Gasteiger partial charge in [0.1, 0.15) is 0 Å². The fourth-order valence-electron chi connectivity index (χ4n) is 8.13. The molecule has 54 heavy (non-hydrogen) atoms. The first kappa shape index (κ1) is 34.7. The molecular weight excluding hydrogens is 707 g/mol. The first-order chi connectivity index (χ1) is 25.8. The molecule has 0 saturated carbocycles. The number of thiophene rings is 1. The normalized spacial score (nSPS) is 13.7. The van der Waals surface area contributed by atoms with Crippen molar-refractivity contribution in [3.8, 4) is 56.4 Å². The van der Waals surface area contributed by atoms with Gasteiger partial charge in [0.25, 0.3) is 0 Å². The number of fused-ring (bicyclic) bond motifs is 6. The van der Waals surface area contributed by atoms with Gasteiger partial charge in [-0.15, -0.1) is 11.3 Å². The van der Waals surface area contributed by atoms with Crippen LogP contribution in [0.25, 0.3) is 76.6 Å². The highest BCUT2D eigenvalue weighted by Crippen LogP contribution is 2.51. The van der Waals surface area contributed by atoms with Crippen LogP contribution in [0.1, 0.15) is 25.0 Å². The van der Waals surface area contributed by atoms with Crippen LogP contribution in [0.5, 0.6) is 0 Å². The predicted molar refractivity (Wildman–Crippen MR) is 238 cm³/mol. The summed E-state index contributed by atoms with van der Waals surface area (Å²) in [6.45, 7) is 19.0. The van der Waals surface area contributed by atoms with Crippen molar-refractivity contribution in [3.05, 3.63) is 139 Å². The van der Waals surface area contributed by atoms with Crippen LogP contribution < -0.4 is 10.4 Å². The largest absolute Gasteiger partial charge is 0.208 e. The Hall–Kier alpha value is -5.02. The van der Waals surface area contributed by atoms with Gasteiger partial charge in [-0.3, -0.25) is 0 Å². The van der Waals surface area contributed by atoms with E-state index in [1.807, 2.05) is 11.3 Å². The lowest BCUT2D eigenvalue weighted by Crippen LogP contribution is -2.37. The van der Waals surface area contributed by atoms with Crippen LogP contribution in [-0.4, -0.2) is 31.1 Å². The van der Waals surface area contributed by atoms with E-state index in [0.717, 1.165) is 16.7 Å². The number of nitrogens with zero attached hydrogens (tertiary/aromatic N) is 3. The smallest absolute Gasteiger partial charge is 0.164 e. The van der Waals surface area contributed by atoms with Gasteiger partial charge in [-0.05, 0) is 51.6 Å². The van der Waals surface area contributed by atoms with E-state index in [1.54, 1.807) is 0 Å². The lowest BCUT2D eigenvalue weighted by molar-refractivity contribution is 0.660. The molecular formula is C48H45N3SSi2. The zero-order valence-electron chi connectivity index (χ0n) is 32.4. The van der Waals surface area contributed by atoms with Crippen molar-refractivity contribution in [1.29, 1.82) is 0 Å². The second-order valence-corrected chi connectivity index (χ2v) is 28.6. The van der Waals surface area contributed by atoms with Crippen molar-refractivity contribution in [2.75, 3.05) is 0 Å². The highest BCUT2D eigenvalue weighted by molar-refractivity contribution is 7.26. The van der Waals surface area contributed by atoms with Crippen molar-refractivity contribution in [3.63, 3.8) is 0 Å². The summed E-state index contributed by atoms with van der Waals surface area (Å²) in [6.07, 6.45) is 0. The SMILES string of the molecule is CC1(C)c2ccccc2-c2cc(-c3ccc(-c4nc(-c5ccc([Si](C)(C)C)cc5)nc(-c5cccc([Si](C)(C)C)c5)n4)c4c3sc3ccccc34)ccc21. The van der Waals surface area contributed by atoms with Crippen LogP contribution in [0.4, 0.5) is 0 Å². The summed E-state index contributed by atoms with van der Waals surface area (Å²) < 4.78 is 2.51. The summed E-state index contributed by atoms with van der Waals surface area (Å²) in [6, 6.07) is 47.1. The molecule has 0 bridgehead atoms. The molecule has 0 fully saturated rings. The maximum atomic E-state index is 5.31. The van der Waals surface area contributed by atoms with Crippen LogP contribution in [-0.2, 0) is 5.41 Å². The fourth-order valence-corrected chi connectivity index (χ4v) is 11.7. The molecule has 3 nitrogen and oxygen atoms in total. The summed E-state index contributed by atoms with van der Waals surface area (Å²) >= 11 is 1.86. The topological polar surface area (TPSA) is 38.7 Å². The Kier molecular flexibility index (Phi) is 8.05. The van der Waals surface area contributed by atoms with Crippen molar-refractivity contribution >= 4 is 58.0 Å². The molecule has 0 radical (unpaired) electrons. The van der Waals surface area contributed by atoms with Gasteiger partial charge in [-0.25, -0.2) is 15.0 Å². The van der Waals surface area contributed by atoms with Crippen molar-refractivity contribution in [1.82, 2.24) is 15.0 Å². The first-order valence-electron chi connectivity index (χ1n) is 18.9. The van der Waals surface area contributed by atoms with Crippen molar-refractivity contribution < 1.29 is 0 Å². The summed E-state index contributed by atoms with van der Waals surface area (Å²) in [5.74, 6) is 2.11. The molecule has 2 heterocycles. The zero-order chi connectivity index (χ0) is 37.6. The van der Waals surface area contributed by atoms with E-state index in [0.29, 0.717) is 17.5 Å². The molecule has 6 aromatic carbocycles. The Balaban J connectivity index is 1.27. The Morgan fingerprint density at radius 2 is 1.09 bits per heavy atom. The molecule has 1 aliphatic carbocycles. The molecule has 0 saturated heterocycles. The van der Waals surface area contributed by atoms with Crippen LogP contribution in [0.2, 0.25) is 39.3 Å². The van der Waals surface area contributed by atoms with Gasteiger partial charge in [0.05, 0.1) is 16.1 Å². The molecule has 0 unspecified atom stereocenters. The van der Waals surface area contributed by atoms with Crippen LogP contribution >= 0.6 is 11.3 Å². The third-order valence-electron chi connectivity index (χ3n) is 11.3. The van der Waals surface area contributed by atoms with E-state index in [4.69, 9.17) is 15.0 Å². The summed E-state index contributed by atoms with van der Waals surface area (Å²) in [5, 5.41) is 5.23. The minimum Gasteiger partial charge on any atom is -0.208 e. The number of rotatable bonds is 6. The van der Waals surface area contributed by atoms with Gasteiger partial charge in [-0.2, -0.15) is 0 Å². The lowest BCUT2D eigenvalue weighted by atomic mass is 9.82. The third kappa shape index (κ3) is 5.79. The van der Waals surface area contributed by atoms with Crippen molar-refractivity contribution in [2.24, 2.45) is 0 Å². The quantitative estimate of drug-likeness (QED) is 0.159. The van der Waals surface area contributed by atoms with Crippen LogP contribution in [0.3, 0.4) is 0 Å². The molecule has 9 rings (SSSR count). The third-order valence-corrected chi connectivity index (χ3v) is 16.6. The Labute approximate surface area is 324 Å². The molecule has 0 atom stereocenters. The van der Waals surface area contributed by atoms with Crippen LogP contribution in [0, 0.1) is 0 Å². The molecule has 0 spiro atoms. The summed E-state index contributed by atoms with van der Waals surface area (Å²) in [4.78, 5) is 15.8. The number of hydrogen-bond donors (Lipinski definition) is 0. The predicted octanol–water partition coefficient (Wildman–Crippen LogP) is 12.3. The summed E-state index contributed by atoms with van der Waals surface area (Å²) in [7, 11) is -3.04. The molecule has 6 heteroatoms. The van der Waals surface area contributed by atoms with Gasteiger partial charge in [-0.1, -0.05) is 173 Å². The Morgan fingerprint density at radius 1 is 0.463 bits per heavy atom. The van der Waals surface area contributed by atoms with Gasteiger partial charge in [0, 0.05) is 42.3 Å². The maximum Gasteiger partial charge on any atom is 0.164 e. The van der Waals surface area contributed by atoms with E-state index in [2.05, 4.69) is 181 Å². The van der Waals surface area contributed by atoms with Gasteiger partial charge >= 0.3 is 0 Å². The van der Waals surface area contributed by atoms with E-state index < -0.39 is 16.1 Å².